The van der Waals surface area contributed by atoms with Crippen molar-refractivity contribution in [3.05, 3.63) is 198 Å². The van der Waals surface area contributed by atoms with Gasteiger partial charge in [-0.25, -0.2) is 20.3 Å². The maximum Gasteiger partial charge on any atom is 1.00 e. The molecule has 7 aromatic rings. The van der Waals surface area contributed by atoms with E-state index in [1.54, 1.807) is 143 Å². The number of esters is 2. The Morgan fingerprint density at radius 2 is 1.13 bits per heavy atom. The third kappa shape index (κ3) is 29.1. The molecule has 2 aromatic heterocycles. The van der Waals surface area contributed by atoms with Crippen LogP contribution in [0, 0.1) is 13.8 Å². The van der Waals surface area contributed by atoms with Crippen LogP contribution in [0.3, 0.4) is 0 Å². The van der Waals surface area contributed by atoms with Crippen molar-refractivity contribution < 1.29 is 87.5 Å². The van der Waals surface area contributed by atoms with Gasteiger partial charge < -0.3 is 44.4 Å². The van der Waals surface area contributed by atoms with Gasteiger partial charge in [0.25, 0.3) is 0 Å². The van der Waals surface area contributed by atoms with E-state index in [4.69, 9.17) is 109 Å². The summed E-state index contributed by atoms with van der Waals surface area (Å²) in [6.07, 6.45) is 6.38. The number of nitrogens with zero attached hydrogens (tertiary/aromatic N) is 5. The van der Waals surface area contributed by atoms with Crippen LogP contribution in [-0.4, -0.2) is 115 Å². The number of carboxylic acid groups (broad SMARTS) is 1. The molecule has 0 bridgehead atoms. The number of aryl methyl sites for hydroxylation is 2. The molecule has 19 nitrogen and oxygen atoms in total. The standard InChI is InChI=1S/C13H12ClNO3.C11H8ClNO3.C10H17NO2.C8H9ClNO.C7H5Cl2NO.C7H5ClO.ClH.Li.H3NO.H2O/c1-3-17-13(16)11-8(2)18-15-12(11)9-5-4-6-10(14)7-9;1-6-9(11(14)15)10(13-16-6)7-3-2-4-8(12)5-7;1-3-13-10(12)8-9(2)11-6-4-5-7-11;1-10(11)6-7-3-2-4-8(9)5-7;8-6-3-1-2-5(4-6)7(9)10-11;8-7-3-1-2-6(4-7)5-9;;;1-2;/h4-7H,3H2,1-2H3;2-5H,1H3,(H,14,15);8H,3-7H2,1-2H3;2-6,11H,1H3;1-4,11H;1-5H;1H;;2H,1H2;1H2/q;;;+1;;;;+1;;/p-1/b;;;10-6-;10-7+;;;;;. The fourth-order valence-electron chi connectivity index (χ4n) is 6.68. The Balaban J connectivity index is 0. The maximum atomic E-state index is 11.9. The second kappa shape index (κ2) is 43.3. The van der Waals surface area contributed by atoms with E-state index in [1.807, 2.05) is 32.0 Å². The van der Waals surface area contributed by atoms with Crippen LogP contribution in [0.25, 0.3) is 22.5 Å². The molecule has 0 spiro atoms. The Morgan fingerprint density at radius 3 is 1.54 bits per heavy atom. The van der Waals surface area contributed by atoms with Gasteiger partial charge in [-0.15, -0.1) is 12.4 Å². The SMILES string of the molecule is C/[N+](O)=C/c1cccc(Cl)c1.CCOC(=O)C=C(C)N1CCCC1.CCOC(=O)c1c(-c2cccc(Cl)c2)noc1C.Cc1onc(-c2cccc(Cl)c2)c1C(=O)O.Cl.NO.O/N=C(/Cl)c1cccc(Cl)c1.O=Cc1cccc(Cl)c1.[Li+].[OH-]. The van der Waals surface area contributed by atoms with E-state index in [9.17, 15) is 19.2 Å². The zero-order chi connectivity index (χ0) is 59.7. The molecule has 83 heavy (non-hydrogen) atoms. The zero-order valence-electron chi connectivity index (χ0n) is 46.0. The van der Waals surface area contributed by atoms with Gasteiger partial charge >= 0.3 is 36.8 Å². The van der Waals surface area contributed by atoms with Crippen molar-refractivity contribution in [2.75, 3.05) is 33.4 Å². The van der Waals surface area contributed by atoms with E-state index in [-0.39, 0.29) is 59.2 Å². The van der Waals surface area contributed by atoms with E-state index in [2.05, 4.69) is 26.3 Å². The number of nitrogens with two attached hydrogens (primary N) is 1. The van der Waals surface area contributed by atoms with Crippen LogP contribution in [-0.2, 0) is 14.3 Å². The number of carbonyl (C=O) groups excluding carboxylic acids is 3. The Morgan fingerprint density at radius 1 is 0.711 bits per heavy atom. The first kappa shape index (κ1) is 78.7. The number of aromatic carboxylic acids is 1. The molecule has 0 amide bonds. The predicted molar refractivity (Wildman–Crippen MR) is 320 cm³/mol. The number of allylic oxidation sites excluding steroid dienone is 1. The van der Waals surface area contributed by atoms with Crippen LogP contribution in [0.5, 0.6) is 0 Å². The Kier molecular flexibility index (Phi) is 41.0. The molecule has 5 aromatic carbocycles. The fraction of sp³-hybridized carbons (Fsp3) is 0.214. The molecular formula is C56H61Cl7LiN6O13+. The summed E-state index contributed by atoms with van der Waals surface area (Å²) in [6, 6.07) is 34.7. The van der Waals surface area contributed by atoms with Crippen LogP contribution in [0.15, 0.2) is 147 Å². The first-order valence-corrected chi connectivity index (χ1v) is 26.0. The summed E-state index contributed by atoms with van der Waals surface area (Å²) in [4.78, 5) is 46.3. The van der Waals surface area contributed by atoms with Crippen molar-refractivity contribution in [1.29, 1.82) is 0 Å². The first-order valence-electron chi connectivity index (χ1n) is 23.8. The number of hydroxylamine groups is 1. The summed E-state index contributed by atoms with van der Waals surface area (Å²) in [7, 11) is 1.54. The minimum atomic E-state index is -1.06. The summed E-state index contributed by atoms with van der Waals surface area (Å²) >= 11 is 34.2. The van der Waals surface area contributed by atoms with Crippen molar-refractivity contribution in [1.82, 2.24) is 15.2 Å². The molecule has 0 saturated carbocycles. The number of carboxylic acids is 1. The van der Waals surface area contributed by atoms with Crippen molar-refractivity contribution in [2.45, 2.75) is 47.5 Å². The molecular weight excluding hydrogens is 1220 g/mol. The van der Waals surface area contributed by atoms with E-state index in [1.165, 1.54) is 12.8 Å². The third-order valence-corrected chi connectivity index (χ3v) is 11.6. The number of hydrogen-bond donors (Lipinski definition) is 5. The number of ether oxygens (including phenoxy) is 2. The number of rotatable bonds is 11. The van der Waals surface area contributed by atoms with Gasteiger partial charge in [0.15, 0.2) is 12.2 Å². The van der Waals surface area contributed by atoms with Gasteiger partial charge in [-0.05, 0) is 119 Å². The van der Waals surface area contributed by atoms with Gasteiger partial charge in [-0.3, -0.25) is 10.0 Å². The van der Waals surface area contributed by atoms with E-state index < -0.39 is 11.9 Å². The van der Waals surface area contributed by atoms with Gasteiger partial charge in [0, 0.05) is 77.8 Å². The summed E-state index contributed by atoms with van der Waals surface area (Å²) < 4.78 is 20.8. The molecule has 3 heterocycles. The van der Waals surface area contributed by atoms with Crippen molar-refractivity contribution in [3.63, 3.8) is 0 Å². The second-order valence-corrected chi connectivity index (χ2v) is 18.6. The molecule has 1 saturated heterocycles. The molecule has 1 aliphatic heterocycles. The average molecular weight is 1280 g/mol. The summed E-state index contributed by atoms with van der Waals surface area (Å²) in [6.45, 7) is 11.7. The molecule has 1 fully saturated rings. The van der Waals surface area contributed by atoms with Gasteiger partial charge in [0.05, 0.1) is 13.2 Å². The minimum Gasteiger partial charge on any atom is -0.870 e. The van der Waals surface area contributed by atoms with Gasteiger partial charge in [0.2, 0.25) is 6.21 Å². The summed E-state index contributed by atoms with van der Waals surface area (Å²) in [5.74, 6) is 2.48. The zero-order valence-corrected chi connectivity index (χ0v) is 51.4. The van der Waals surface area contributed by atoms with Crippen molar-refractivity contribution in [3.8, 4) is 22.5 Å². The third-order valence-electron chi connectivity index (χ3n) is 10.2. The van der Waals surface area contributed by atoms with E-state index >= 15 is 0 Å². The molecule has 0 atom stereocenters. The number of aldehydes is 1. The maximum absolute atomic E-state index is 11.9. The number of likely N-dealkylation sites (tertiary alicyclic amines) is 1. The van der Waals surface area contributed by atoms with E-state index in [0.29, 0.717) is 77.7 Å². The van der Waals surface area contributed by atoms with Crippen LogP contribution in [0.2, 0.25) is 25.1 Å². The van der Waals surface area contributed by atoms with Crippen molar-refractivity contribution in [2.24, 2.45) is 11.1 Å². The van der Waals surface area contributed by atoms with Crippen molar-refractivity contribution >= 4 is 118 Å². The smallest absolute Gasteiger partial charge is 0.870 e. The Labute approximate surface area is 528 Å². The number of benzene rings is 5. The average Bonchev–Trinajstić information content (AvgIpc) is 4.21. The van der Waals surface area contributed by atoms with Crippen LogP contribution in [0.4, 0.5) is 0 Å². The normalized spacial score (nSPS) is 11.2. The molecule has 7 N–H and O–H groups in total. The van der Waals surface area contributed by atoms with Gasteiger partial charge in [-0.1, -0.05) is 140 Å². The largest absolute Gasteiger partial charge is 1.00 e. The molecule has 0 aliphatic carbocycles. The van der Waals surface area contributed by atoms with Gasteiger partial charge in [0.1, 0.15) is 40.3 Å². The second-order valence-electron chi connectivity index (χ2n) is 16.0. The quantitative estimate of drug-likeness (QED) is 0.0118. The summed E-state index contributed by atoms with van der Waals surface area (Å²) in [5.41, 5.74) is 5.63. The molecule has 442 valence electrons. The molecule has 0 unspecified atom stereocenters. The molecule has 0 radical (unpaired) electrons. The number of aromatic nitrogens is 2. The van der Waals surface area contributed by atoms with Gasteiger partial charge in [-0.2, -0.15) is 0 Å². The van der Waals surface area contributed by atoms with Crippen LogP contribution < -0.4 is 24.8 Å². The molecule has 8 rings (SSSR count). The molecule has 27 heteroatoms. The van der Waals surface area contributed by atoms with E-state index in [0.717, 1.165) is 40.9 Å². The number of halogens is 7. The number of hydrogen-bond acceptors (Lipinski definition) is 17. The minimum absolute atomic E-state index is 0. The number of carbonyl (C=O) groups is 4. The van der Waals surface area contributed by atoms with Crippen LogP contribution in [0.1, 0.15) is 87.3 Å². The first-order chi connectivity index (χ1) is 38.2. The van der Waals surface area contributed by atoms with Crippen LogP contribution >= 0.6 is 82.0 Å². The molecule has 1 aliphatic rings. The summed E-state index contributed by atoms with van der Waals surface area (Å²) in [5, 5.41) is 46.1. The Hall–Kier alpha value is -6.41. The topological polar surface area (TPSA) is 294 Å². The Bertz CT molecular complexity index is 3190. The predicted octanol–water partition coefficient (Wildman–Crippen LogP) is 11.3. The fourth-order valence-corrected chi connectivity index (χ4v) is 7.76. The monoisotopic (exact) mass is 1280 g/mol. The number of oxime groups is 1.